The van der Waals surface area contributed by atoms with Crippen LogP contribution in [0.3, 0.4) is 0 Å². The van der Waals surface area contributed by atoms with Crippen LogP contribution < -0.4 is 10.1 Å². The number of rotatable bonds is 6. The minimum Gasteiger partial charge on any atom is -0.480 e. The first-order chi connectivity index (χ1) is 13.0. The van der Waals surface area contributed by atoms with Crippen LogP contribution in [-0.4, -0.2) is 23.2 Å². The van der Waals surface area contributed by atoms with Crippen molar-refractivity contribution in [3.05, 3.63) is 69.3 Å². The van der Waals surface area contributed by atoms with Crippen LogP contribution in [0, 0.1) is 10.1 Å². The number of fused-ring (bicyclic) bond motifs is 1. The van der Waals surface area contributed by atoms with E-state index in [0.717, 1.165) is 30.9 Å². The monoisotopic (exact) mass is 368 g/mol. The highest BCUT2D eigenvalue weighted by molar-refractivity contribution is 5.83. The van der Waals surface area contributed by atoms with Gasteiger partial charge in [0.05, 0.1) is 16.5 Å². The topological polar surface area (TPSA) is 98.5 Å². The molecule has 1 N–H and O–H groups in total. The molecule has 2 atom stereocenters. The Balaban J connectivity index is 1.70. The molecule has 1 amide bonds. The number of hydrogen-bond donors (Lipinski definition) is 1. The second-order valence-corrected chi connectivity index (χ2v) is 6.51. The van der Waals surface area contributed by atoms with Gasteiger partial charge in [-0.05, 0) is 43.4 Å². The molecule has 3 rings (SSSR count). The Morgan fingerprint density at radius 3 is 2.85 bits per heavy atom. The minimum atomic E-state index is -0.848. The van der Waals surface area contributed by atoms with Crippen molar-refractivity contribution in [3.63, 3.8) is 0 Å². The van der Waals surface area contributed by atoms with Crippen LogP contribution >= 0.6 is 0 Å². The first-order valence-electron chi connectivity index (χ1n) is 8.78. The van der Waals surface area contributed by atoms with Gasteiger partial charge in [0.15, 0.2) is 12.4 Å². The molecular weight excluding hydrogens is 348 g/mol. The molecule has 0 aliphatic heterocycles. The number of nitro benzene ring substituents is 1. The number of hydrogen-bond acceptors (Lipinski definition) is 5. The molecule has 0 saturated heterocycles. The van der Waals surface area contributed by atoms with Gasteiger partial charge in [-0.3, -0.25) is 19.7 Å². The van der Waals surface area contributed by atoms with E-state index < -0.39 is 11.0 Å². The lowest BCUT2D eigenvalue weighted by Crippen LogP contribution is -2.39. The predicted octanol–water partition coefficient (Wildman–Crippen LogP) is 3.37. The molecule has 140 valence electrons. The fourth-order valence-electron chi connectivity index (χ4n) is 3.29. The molecule has 0 aromatic heterocycles. The van der Waals surface area contributed by atoms with Gasteiger partial charge in [-0.1, -0.05) is 24.3 Å². The number of carbonyl (C=O) groups excluding carboxylic acids is 2. The number of nitrogens with one attached hydrogen (secondary N) is 1. The van der Waals surface area contributed by atoms with E-state index in [1.807, 2.05) is 18.2 Å². The molecule has 7 heteroatoms. The Hall–Kier alpha value is -3.22. The van der Waals surface area contributed by atoms with E-state index >= 15 is 0 Å². The van der Waals surface area contributed by atoms with Gasteiger partial charge in [-0.2, -0.15) is 0 Å². The fraction of sp³-hybridized carbons (Fsp3) is 0.300. The van der Waals surface area contributed by atoms with Crippen molar-refractivity contribution in [1.82, 2.24) is 5.32 Å². The Bertz CT molecular complexity index is 880. The van der Waals surface area contributed by atoms with Gasteiger partial charge in [0, 0.05) is 12.1 Å². The Morgan fingerprint density at radius 1 is 1.33 bits per heavy atom. The van der Waals surface area contributed by atoms with Gasteiger partial charge < -0.3 is 10.1 Å². The van der Waals surface area contributed by atoms with Crippen molar-refractivity contribution in [3.8, 4) is 5.75 Å². The number of nitro groups is 1. The van der Waals surface area contributed by atoms with E-state index in [-0.39, 0.29) is 28.9 Å². The molecule has 0 spiro atoms. The van der Waals surface area contributed by atoms with E-state index in [1.54, 1.807) is 6.92 Å². The summed E-state index contributed by atoms with van der Waals surface area (Å²) in [5, 5.41) is 13.8. The molecule has 0 bridgehead atoms. The average molecular weight is 368 g/mol. The number of aldehydes is 1. The Kier molecular flexibility index (Phi) is 5.49. The van der Waals surface area contributed by atoms with Gasteiger partial charge in [-0.25, -0.2) is 0 Å². The van der Waals surface area contributed by atoms with Gasteiger partial charge in [0.25, 0.3) is 11.6 Å². The number of nitrogens with zero attached hydrogens (tertiary/aromatic N) is 1. The molecule has 0 unspecified atom stereocenters. The third kappa shape index (κ3) is 4.13. The Morgan fingerprint density at radius 2 is 2.11 bits per heavy atom. The highest BCUT2D eigenvalue weighted by Crippen LogP contribution is 2.30. The smallest absolute Gasteiger partial charge is 0.270 e. The molecule has 0 fully saturated rings. The molecule has 0 radical (unpaired) electrons. The van der Waals surface area contributed by atoms with Crippen LogP contribution in [0.2, 0.25) is 0 Å². The summed E-state index contributed by atoms with van der Waals surface area (Å²) in [7, 11) is 0. The van der Waals surface area contributed by atoms with Crippen LogP contribution in [-0.2, 0) is 11.2 Å². The summed E-state index contributed by atoms with van der Waals surface area (Å²) in [5.41, 5.74) is 2.18. The summed E-state index contributed by atoms with van der Waals surface area (Å²) in [6, 6.07) is 11.7. The zero-order valence-electron chi connectivity index (χ0n) is 14.9. The van der Waals surface area contributed by atoms with Gasteiger partial charge in [0.2, 0.25) is 0 Å². The highest BCUT2D eigenvalue weighted by atomic mass is 16.6. The lowest BCUT2D eigenvalue weighted by molar-refractivity contribution is -0.384. The van der Waals surface area contributed by atoms with Crippen LogP contribution in [0.15, 0.2) is 42.5 Å². The van der Waals surface area contributed by atoms with Crippen LogP contribution in [0.25, 0.3) is 0 Å². The molecule has 0 heterocycles. The van der Waals surface area contributed by atoms with Crippen LogP contribution in [0.1, 0.15) is 47.3 Å². The number of non-ortho nitro benzene ring substituents is 1. The molecule has 2 aromatic rings. The van der Waals surface area contributed by atoms with Crippen molar-refractivity contribution in [1.29, 1.82) is 0 Å². The number of aryl methyl sites for hydroxylation is 1. The lowest BCUT2D eigenvalue weighted by Gasteiger charge is -2.27. The molecule has 2 aromatic carbocycles. The normalized spacial score (nSPS) is 16.7. The van der Waals surface area contributed by atoms with Crippen LogP contribution in [0.4, 0.5) is 5.69 Å². The standard InChI is InChI=1S/C20H20N2O5/c1-13(27-19-10-9-16(22(25)26)11-15(19)12-23)20(24)21-18-8-4-6-14-5-2-3-7-17(14)18/h2-3,5,7,9-13,18H,4,6,8H2,1H3,(H,21,24)/t13-,18-/m1/s1. The van der Waals surface area contributed by atoms with Gasteiger partial charge in [0.1, 0.15) is 5.75 Å². The molecule has 1 aliphatic carbocycles. The molecule has 0 saturated carbocycles. The zero-order valence-corrected chi connectivity index (χ0v) is 14.9. The van der Waals surface area contributed by atoms with E-state index in [1.165, 1.54) is 17.7 Å². The number of amides is 1. The summed E-state index contributed by atoms with van der Waals surface area (Å²) < 4.78 is 5.60. The summed E-state index contributed by atoms with van der Waals surface area (Å²) >= 11 is 0. The maximum atomic E-state index is 12.6. The Labute approximate surface area is 156 Å². The first kappa shape index (κ1) is 18.6. The van der Waals surface area contributed by atoms with E-state index in [2.05, 4.69) is 11.4 Å². The quantitative estimate of drug-likeness (QED) is 0.479. The van der Waals surface area contributed by atoms with E-state index in [0.29, 0.717) is 6.29 Å². The average Bonchev–Trinajstić information content (AvgIpc) is 2.68. The summed E-state index contributed by atoms with van der Waals surface area (Å²) in [4.78, 5) is 34.0. The summed E-state index contributed by atoms with van der Waals surface area (Å²) in [6.07, 6.45) is 2.48. The second-order valence-electron chi connectivity index (χ2n) is 6.51. The predicted molar refractivity (Wildman–Crippen MR) is 98.8 cm³/mol. The van der Waals surface area contributed by atoms with Crippen molar-refractivity contribution in [2.24, 2.45) is 0 Å². The number of carbonyl (C=O) groups is 2. The number of ether oxygens (including phenoxy) is 1. The highest BCUT2D eigenvalue weighted by Gasteiger charge is 2.25. The van der Waals surface area contributed by atoms with Crippen LogP contribution in [0.5, 0.6) is 5.75 Å². The minimum absolute atomic E-state index is 0.0341. The molecule has 1 aliphatic rings. The third-order valence-corrected chi connectivity index (χ3v) is 4.69. The number of benzene rings is 2. The maximum absolute atomic E-state index is 12.6. The first-order valence-corrected chi connectivity index (χ1v) is 8.78. The maximum Gasteiger partial charge on any atom is 0.270 e. The second kappa shape index (κ2) is 7.99. The molecule has 27 heavy (non-hydrogen) atoms. The largest absolute Gasteiger partial charge is 0.480 e. The van der Waals surface area contributed by atoms with Gasteiger partial charge in [-0.15, -0.1) is 0 Å². The van der Waals surface area contributed by atoms with Crippen molar-refractivity contribution in [2.45, 2.75) is 38.3 Å². The van der Waals surface area contributed by atoms with E-state index in [9.17, 15) is 19.7 Å². The third-order valence-electron chi connectivity index (χ3n) is 4.69. The van der Waals surface area contributed by atoms with E-state index in [4.69, 9.17) is 4.74 Å². The zero-order chi connectivity index (χ0) is 19.4. The van der Waals surface area contributed by atoms with Crippen molar-refractivity contribution >= 4 is 17.9 Å². The van der Waals surface area contributed by atoms with Crippen molar-refractivity contribution < 1.29 is 19.2 Å². The molecular formula is C20H20N2O5. The fourth-order valence-corrected chi connectivity index (χ4v) is 3.29. The van der Waals surface area contributed by atoms with Gasteiger partial charge >= 0.3 is 0 Å². The molecule has 7 nitrogen and oxygen atoms in total. The lowest BCUT2D eigenvalue weighted by atomic mass is 9.87. The SMILES string of the molecule is C[C@@H](Oc1ccc([N+](=O)[O-])cc1C=O)C(=O)N[C@@H]1CCCc2ccccc21. The summed E-state index contributed by atoms with van der Waals surface area (Å²) in [6.45, 7) is 1.58. The van der Waals surface area contributed by atoms with Crippen molar-refractivity contribution in [2.75, 3.05) is 0 Å². The summed E-state index contributed by atoms with van der Waals surface area (Å²) in [5.74, 6) is -0.158.